The molecule has 4 nitrogen and oxygen atoms in total. The van der Waals surface area contributed by atoms with Crippen LogP contribution in [0.5, 0.6) is 0 Å². The first-order chi connectivity index (χ1) is 14.1. The van der Waals surface area contributed by atoms with Crippen molar-refractivity contribution in [2.45, 2.75) is 6.04 Å². The number of aromatic nitrogens is 1. The van der Waals surface area contributed by atoms with Crippen LogP contribution in [0, 0.1) is 0 Å². The Balaban J connectivity index is 1.52. The lowest BCUT2D eigenvalue weighted by Gasteiger charge is -2.39. The summed E-state index contributed by atoms with van der Waals surface area (Å²) in [4.78, 5) is 21.3. The fourth-order valence-electron chi connectivity index (χ4n) is 3.79. The normalized spacial score (nSPS) is 15.9. The number of carbonyl (C=O) groups is 1. The zero-order valence-corrected chi connectivity index (χ0v) is 18.2. The molecule has 0 aliphatic carbocycles. The van der Waals surface area contributed by atoms with Crippen LogP contribution in [0.2, 0.25) is 5.02 Å². The molecule has 1 fully saturated rings. The van der Waals surface area contributed by atoms with Crippen molar-refractivity contribution in [3.8, 4) is 0 Å². The van der Waals surface area contributed by atoms with Gasteiger partial charge in [-0.1, -0.05) is 54.1 Å². The van der Waals surface area contributed by atoms with E-state index in [-0.39, 0.29) is 11.9 Å². The van der Waals surface area contributed by atoms with Gasteiger partial charge in [0.25, 0.3) is 5.91 Å². The average molecular weight is 471 g/mol. The second-order valence-electron chi connectivity index (χ2n) is 7.08. The van der Waals surface area contributed by atoms with E-state index >= 15 is 0 Å². The topological polar surface area (TPSA) is 36.4 Å². The number of rotatable bonds is 4. The van der Waals surface area contributed by atoms with E-state index in [9.17, 15) is 4.79 Å². The van der Waals surface area contributed by atoms with Crippen molar-refractivity contribution < 1.29 is 4.79 Å². The molecule has 1 amide bonds. The maximum absolute atomic E-state index is 12.8. The van der Waals surface area contributed by atoms with Gasteiger partial charge in [0, 0.05) is 48.1 Å². The summed E-state index contributed by atoms with van der Waals surface area (Å²) in [6.45, 7) is 2.97. The molecule has 6 heteroatoms. The van der Waals surface area contributed by atoms with Gasteiger partial charge in [-0.2, -0.15) is 0 Å². The molecule has 1 atom stereocenters. The van der Waals surface area contributed by atoms with Gasteiger partial charge in [0.1, 0.15) is 0 Å². The summed E-state index contributed by atoms with van der Waals surface area (Å²) in [6, 6.07) is 20.5. The second-order valence-corrected chi connectivity index (χ2v) is 8.44. The van der Waals surface area contributed by atoms with Crippen LogP contribution >= 0.6 is 27.5 Å². The Morgan fingerprint density at radius 3 is 2.24 bits per heavy atom. The van der Waals surface area contributed by atoms with E-state index in [1.165, 1.54) is 11.1 Å². The summed E-state index contributed by atoms with van der Waals surface area (Å²) in [5.74, 6) is 0.0289. The molecular weight excluding hydrogens is 450 g/mol. The van der Waals surface area contributed by atoms with Crippen molar-refractivity contribution >= 4 is 33.4 Å². The van der Waals surface area contributed by atoms with Gasteiger partial charge in [-0.3, -0.25) is 14.7 Å². The van der Waals surface area contributed by atoms with E-state index in [0.29, 0.717) is 18.7 Å². The van der Waals surface area contributed by atoms with Crippen molar-refractivity contribution in [1.29, 1.82) is 0 Å². The van der Waals surface area contributed by atoms with Gasteiger partial charge in [-0.05, 0) is 45.3 Å². The highest BCUT2D eigenvalue weighted by Crippen LogP contribution is 2.30. The maximum Gasteiger partial charge on any atom is 0.255 e. The third-order valence-electron chi connectivity index (χ3n) is 5.22. The first kappa shape index (κ1) is 20.1. The van der Waals surface area contributed by atoms with E-state index in [0.717, 1.165) is 22.6 Å². The molecule has 1 saturated heterocycles. The lowest BCUT2D eigenvalue weighted by Crippen LogP contribution is -2.49. The molecule has 4 rings (SSSR count). The van der Waals surface area contributed by atoms with Crippen LogP contribution in [-0.4, -0.2) is 46.9 Å². The van der Waals surface area contributed by atoms with E-state index in [2.05, 4.69) is 62.2 Å². The highest BCUT2D eigenvalue weighted by Gasteiger charge is 2.28. The molecule has 1 aromatic heterocycles. The van der Waals surface area contributed by atoms with Crippen LogP contribution < -0.4 is 0 Å². The summed E-state index contributed by atoms with van der Waals surface area (Å²) < 4.78 is 0.814. The molecule has 2 heterocycles. The van der Waals surface area contributed by atoms with Crippen molar-refractivity contribution in [2.75, 3.05) is 26.2 Å². The molecule has 0 radical (unpaired) electrons. The number of benzene rings is 2. The average Bonchev–Trinajstić information content (AvgIpc) is 2.76. The number of piperazine rings is 1. The van der Waals surface area contributed by atoms with E-state index < -0.39 is 0 Å². The van der Waals surface area contributed by atoms with Crippen LogP contribution in [0.4, 0.5) is 0 Å². The zero-order valence-electron chi connectivity index (χ0n) is 15.8. The fourth-order valence-corrected chi connectivity index (χ4v) is 4.28. The molecular formula is C23H21BrClN3O. The minimum absolute atomic E-state index is 0.0289. The Labute approximate surface area is 184 Å². The lowest BCUT2D eigenvalue weighted by atomic mass is 9.96. The quantitative estimate of drug-likeness (QED) is 0.536. The Morgan fingerprint density at radius 1 is 0.931 bits per heavy atom. The summed E-state index contributed by atoms with van der Waals surface area (Å²) in [5.41, 5.74) is 3.06. The Kier molecular flexibility index (Phi) is 6.28. The van der Waals surface area contributed by atoms with E-state index in [4.69, 9.17) is 11.6 Å². The second kappa shape index (κ2) is 9.08. The van der Waals surface area contributed by atoms with Gasteiger partial charge in [-0.15, -0.1) is 0 Å². The van der Waals surface area contributed by atoms with E-state index in [1.54, 1.807) is 12.4 Å². The molecule has 1 aliphatic rings. The number of halogens is 2. The maximum atomic E-state index is 12.8. The van der Waals surface area contributed by atoms with E-state index in [1.807, 2.05) is 29.2 Å². The first-order valence-electron chi connectivity index (χ1n) is 9.56. The van der Waals surface area contributed by atoms with Gasteiger partial charge >= 0.3 is 0 Å². The van der Waals surface area contributed by atoms with Crippen molar-refractivity contribution in [3.63, 3.8) is 0 Å². The molecule has 148 valence electrons. The molecule has 0 spiro atoms. The highest BCUT2D eigenvalue weighted by molar-refractivity contribution is 9.10. The third-order valence-corrected chi connectivity index (χ3v) is 5.91. The predicted octanol–water partition coefficient (Wildman–Crippen LogP) is 5.04. The largest absolute Gasteiger partial charge is 0.336 e. The number of carbonyl (C=O) groups excluding carboxylic acids is 1. The molecule has 0 N–H and O–H groups in total. The lowest BCUT2D eigenvalue weighted by molar-refractivity contribution is 0.0597. The molecule has 0 bridgehead atoms. The zero-order chi connectivity index (χ0) is 20.2. The van der Waals surface area contributed by atoms with Crippen LogP contribution in [0.15, 0.2) is 77.5 Å². The van der Waals surface area contributed by atoms with Crippen LogP contribution in [-0.2, 0) is 0 Å². The van der Waals surface area contributed by atoms with Crippen LogP contribution in [0.3, 0.4) is 0 Å². The smallest absolute Gasteiger partial charge is 0.255 e. The molecule has 29 heavy (non-hydrogen) atoms. The van der Waals surface area contributed by atoms with Crippen molar-refractivity contribution in [2.24, 2.45) is 0 Å². The van der Waals surface area contributed by atoms with Gasteiger partial charge < -0.3 is 4.90 Å². The van der Waals surface area contributed by atoms with Crippen LogP contribution in [0.1, 0.15) is 27.5 Å². The van der Waals surface area contributed by atoms with Crippen molar-refractivity contribution in [3.05, 3.63) is 99.2 Å². The monoisotopic (exact) mass is 469 g/mol. The summed E-state index contributed by atoms with van der Waals surface area (Å²) >= 11 is 9.49. The number of nitrogens with zero attached hydrogens (tertiary/aromatic N) is 3. The summed E-state index contributed by atoms with van der Waals surface area (Å²) in [5, 5.41) is 0.735. The summed E-state index contributed by atoms with van der Waals surface area (Å²) in [6.07, 6.45) is 3.31. The SMILES string of the molecule is O=C(c1cncc(Br)c1)N1CCN([C@H](c2ccccc2)c2ccc(Cl)cc2)CC1. The van der Waals surface area contributed by atoms with Gasteiger partial charge in [0.2, 0.25) is 0 Å². The number of hydrogen-bond acceptors (Lipinski definition) is 3. The minimum atomic E-state index is 0.0289. The van der Waals surface area contributed by atoms with Gasteiger partial charge in [0.05, 0.1) is 11.6 Å². The molecule has 0 unspecified atom stereocenters. The molecule has 2 aromatic carbocycles. The van der Waals surface area contributed by atoms with Gasteiger partial charge in [-0.25, -0.2) is 0 Å². The predicted molar refractivity (Wildman–Crippen MR) is 119 cm³/mol. The first-order valence-corrected chi connectivity index (χ1v) is 10.7. The Hall–Kier alpha value is -2.21. The Bertz CT molecular complexity index is 973. The number of pyridine rings is 1. The molecule has 1 aliphatic heterocycles. The number of hydrogen-bond donors (Lipinski definition) is 0. The highest BCUT2D eigenvalue weighted by atomic mass is 79.9. The number of amides is 1. The van der Waals surface area contributed by atoms with Crippen molar-refractivity contribution in [1.82, 2.24) is 14.8 Å². The molecule has 0 saturated carbocycles. The van der Waals surface area contributed by atoms with Crippen LogP contribution in [0.25, 0.3) is 0 Å². The molecule has 3 aromatic rings. The fraction of sp³-hybridized carbons (Fsp3) is 0.217. The summed E-state index contributed by atoms with van der Waals surface area (Å²) in [7, 11) is 0. The van der Waals surface area contributed by atoms with Gasteiger partial charge in [0.15, 0.2) is 0 Å². The third kappa shape index (κ3) is 4.69. The Morgan fingerprint density at radius 2 is 1.59 bits per heavy atom. The minimum Gasteiger partial charge on any atom is -0.336 e. The standard InChI is InChI=1S/C23H21BrClN3O/c24-20-14-19(15-26-16-20)23(29)28-12-10-27(11-13-28)22(17-4-2-1-3-5-17)18-6-8-21(25)9-7-18/h1-9,14-16,22H,10-13H2/t22-/m1/s1.